The highest BCUT2D eigenvalue weighted by Gasteiger charge is 2.34. The lowest BCUT2D eigenvalue weighted by atomic mass is 10.1. The fourth-order valence-electron chi connectivity index (χ4n) is 2.48. The summed E-state index contributed by atoms with van der Waals surface area (Å²) >= 11 is 3.66. The Kier molecular flexibility index (Phi) is 5.35. The average molecular weight is 338 g/mol. The molecule has 3 nitrogen and oxygen atoms in total. The van der Waals surface area contributed by atoms with E-state index in [0.717, 1.165) is 19.3 Å². The molecule has 0 saturated heterocycles. The van der Waals surface area contributed by atoms with Crippen LogP contribution in [0.5, 0.6) is 0 Å². The van der Waals surface area contributed by atoms with Crippen molar-refractivity contribution in [1.82, 2.24) is 4.90 Å². The molecule has 0 N–H and O–H groups in total. The maximum absolute atomic E-state index is 12.1. The molecule has 0 bridgehead atoms. The van der Waals surface area contributed by atoms with Gasteiger partial charge in [0.1, 0.15) is 0 Å². The molecule has 1 aromatic carbocycles. The van der Waals surface area contributed by atoms with E-state index in [4.69, 9.17) is 0 Å². The van der Waals surface area contributed by atoms with Crippen molar-refractivity contribution in [1.29, 1.82) is 0 Å². The Hall–Kier alpha value is -1.16. The van der Waals surface area contributed by atoms with Gasteiger partial charge in [0.2, 0.25) is 0 Å². The molecule has 1 heterocycles. The van der Waals surface area contributed by atoms with Gasteiger partial charge in [-0.3, -0.25) is 14.5 Å². The van der Waals surface area contributed by atoms with Gasteiger partial charge in [-0.25, -0.2) is 0 Å². The van der Waals surface area contributed by atoms with Crippen molar-refractivity contribution >= 4 is 27.7 Å². The van der Waals surface area contributed by atoms with Gasteiger partial charge in [-0.05, 0) is 31.4 Å². The maximum Gasteiger partial charge on any atom is 0.261 e. The molecule has 20 heavy (non-hydrogen) atoms. The zero-order chi connectivity index (χ0) is 14.5. The summed E-state index contributed by atoms with van der Waals surface area (Å²) in [5.41, 5.74) is 1.08. The Morgan fingerprint density at radius 1 is 1.05 bits per heavy atom. The van der Waals surface area contributed by atoms with Crippen LogP contribution in [0.1, 0.15) is 59.7 Å². The van der Waals surface area contributed by atoms with Crippen LogP contribution in [0.4, 0.5) is 0 Å². The minimum atomic E-state index is -0.148. The molecule has 108 valence electrons. The summed E-state index contributed by atoms with van der Waals surface area (Å²) in [5.74, 6) is -0.296. The van der Waals surface area contributed by atoms with Gasteiger partial charge in [0, 0.05) is 11.4 Å². The number of imide groups is 1. The lowest BCUT2D eigenvalue weighted by Crippen LogP contribution is -2.31. The van der Waals surface area contributed by atoms with Crippen LogP contribution in [0, 0.1) is 0 Å². The maximum atomic E-state index is 12.1. The van der Waals surface area contributed by atoms with Crippen molar-refractivity contribution in [3.63, 3.8) is 0 Å². The average Bonchev–Trinajstić information content (AvgIpc) is 2.70. The normalized spacial score (nSPS) is 15.6. The van der Waals surface area contributed by atoms with E-state index in [0.29, 0.717) is 22.5 Å². The molecular weight excluding hydrogens is 318 g/mol. The Morgan fingerprint density at radius 3 is 2.15 bits per heavy atom. The zero-order valence-electron chi connectivity index (χ0n) is 11.8. The van der Waals surface area contributed by atoms with Gasteiger partial charge in [0.25, 0.3) is 11.8 Å². The largest absolute Gasteiger partial charge is 0.274 e. The Balaban J connectivity index is 1.86. The summed E-state index contributed by atoms with van der Waals surface area (Å²) in [6.07, 6.45) is 5.40. The monoisotopic (exact) mass is 337 g/mol. The van der Waals surface area contributed by atoms with Crippen molar-refractivity contribution in [3.05, 3.63) is 35.4 Å². The Labute approximate surface area is 128 Å². The van der Waals surface area contributed by atoms with Gasteiger partial charge in [-0.1, -0.05) is 47.8 Å². The van der Waals surface area contributed by atoms with Crippen LogP contribution in [0.3, 0.4) is 0 Å². The molecule has 0 saturated carbocycles. The first kappa shape index (κ1) is 15.2. The molecule has 0 aromatic heterocycles. The number of hydrogen-bond donors (Lipinski definition) is 0. The second-order valence-corrected chi connectivity index (χ2v) is 6.48. The minimum Gasteiger partial charge on any atom is -0.274 e. The third-order valence-electron chi connectivity index (χ3n) is 3.65. The number of carbonyl (C=O) groups is 2. The lowest BCUT2D eigenvalue weighted by molar-refractivity contribution is 0.0651. The van der Waals surface area contributed by atoms with Crippen molar-refractivity contribution in [3.8, 4) is 0 Å². The Morgan fingerprint density at radius 2 is 1.60 bits per heavy atom. The number of nitrogens with zero attached hydrogens (tertiary/aromatic N) is 1. The van der Waals surface area contributed by atoms with Gasteiger partial charge in [-0.2, -0.15) is 0 Å². The van der Waals surface area contributed by atoms with Crippen LogP contribution in [-0.2, 0) is 0 Å². The summed E-state index contributed by atoms with van der Waals surface area (Å²) in [5, 5.41) is 0. The van der Waals surface area contributed by atoms with Crippen molar-refractivity contribution in [2.75, 3.05) is 6.54 Å². The van der Waals surface area contributed by atoms with Gasteiger partial charge in [0.05, 0.1) is 11.1 Å². The van der Waals surface area contributed by atoms with Crippen LogP contribution < -0.4 is 0 Å². The number of halogens is 1. The van der Waals surface area contributed by atoms with Crippen LogP contribution in [-0.4, -0.2) is 28.1 Å². The molecule has 1 aromatic rings. The number of rotatable bonds is 7. The Bertz CT molecular complexity index is 466. The predicted molar refractivity (Wildman–Crippen MR) is 83.3 cm³/mol. The number of amides is 2. The molecule has 0 radical (unpaired) electrons. The van der Waals surface area contributed by atoms with E-state index in [-0.39, 0.29) is 11.8 Å². The quantitative estimate of drug-likeness (QED) is 0.556. The molecule has 2 amide bonds. The molecule has 0 spiro atoms. The first-order valence-corrected chi connectivity index (χ1v) is 8.16. The van der Waals surface area contributed by atoms with E-state index in [2.05, 4.69) is 22.9 Å². The number of hydrogen-bond acceptors (Lipinski definition) is 2. The van der Waals surface area contributed by atoms with E-state index < -0.39 is 0 Å². The molecule has 1 atom stereocenters. The van der Waals surface area contributed by atoms with E-state index in [9.17, 15) is 9.59 Å². The summed E-state index contributed by atoms with van der Waals surface area (Å²) in [6, 6.07) is 7.05. The molecule has 1 unspecified atom stereocenters. The van der Waals surface area contributed by atoms with Crippen LogP contribution in [0.15, 0.2) is 24.3 Å². The van der Waals surface area contributed by atoms with Crippen LogP contribution in [0.2, 0.25) is 0 Å². The van der Waals surface area contributed by atoms with E-state index in [1.54, 1.807) is 24.3 Å². The number of unbranched alkanes of at least 4 members (excludes halogenated alkanes) is 1. The van der Waals surface area contributed by atoms with Crippen molar-refractivity contribution in [2.24, 2.45) is 0 Å². The predicted octanol–water partition coefficient (Wildman–Crippen LogP) is 4.02. The fourth-order valence-corrected chi connectivity index (χ4v) is 3.13. The van der Waals surface area contributed by atoms with Gasteiger partial charge >= 0.3 is 0 Å². The summed E-state index contributed by atoms with van der Waals surface area (Å²) < 4.78 is 0. The SMILES string of the molecule is CCCCC(Br)CCCN1C(=O)c2ccccc2C1=O. The summed E-state index contributed by atoms with van der Waals surface area (Å²) in [7, 11) is 0. The zero-order valence-corrected chi connectivity index (χ0v) is 13.4. The number of alkyl halides is 1. The van der Waals surface area contributed by atoms with Crippen molar-refractivity contribution in [2.45, 2.75) is 43.9 Å². The van der Waals surface area contributed by atoms with E-state index in [1.807, 2.05) is 0 Å². The third-order valence-corrected chi connectivity index (χ3v) is 4.56. The molecule has 0 aliphatic carbocycles. The number of carbonyl (C=O) groups excluding carboxylic acids is 2. The molecule has 1 aliphatic heterocycles. The number of fused-ring (bicyclic) bond motifs is 1. The standard InChI is InChI=1S/C16H20BrNO2/c1-2-3-7-12(17)8-6-11-18-15(19)13-9-4-5-10-14(13)16(18)20/h4-5,9-10,12H,2-3,6-8,11H2,1H3. The smallest absolute Gasteiger partial charge is 0.261 e. The lowest BCUT2D eigenvalue weighted by Gasteiger charge is -2.15. The molecule has 1 aliphatic rings. The summed E-state index contributed by atoms with van der Waals surface area (Å²) in [6.45, 7) is 2.69. The van der Waals surface area contributed by atoms with Crippen LogP contribution >= 0.6 is 15.9 Å². The fraction of sp³-hybridized carbons (Fsp3) is 0.500. The molecule has 4 heteroatoms. The van der Waals surface area contributed by atoms with E-state index >= 15 is 0 Å². The molecular formula is C16H20BrNO2. The molecule has 0 fully saturated rings. The second kappa shape index (κ2) is 7.02. The first-order chi connectivity index (χ1) is 9.65. The molecule has 2 rings (SSSR count). The highest BCUT2D eigenvalue weighted by molar-refractivity contribution is 9.09. The minimum absolute atomic E-state index is 0.148. The third kappa shape index (κ3) is 3.29. The van der Waals surface area contributed by atoms with E-state index in [1.165, 1.54) is 17.7 Å². The van der Waals surface area contributed by atoms with Crippen molar-refractivity contribution < 1.29 is 9.59 Å². The highest BCUT2D eigenvalue weighted by Crippen LogP contribution is 2.23. The first-order valence-electron chi connectivity index (χ1n) is 7.24. The van der Waals surface area contributed by atoms with Gasteiger partial charge < -0.3 is 0 Å². The summed E-state index contributed by atoms with van der Waals surface area (Å²) in [4.78, 5) is 26.2. The van der Waals surface area contributed by atoms with Crippen LogP contribution in [0.25, 0.3) is 0 Å². The highest BCUT2D eigenvalue weighted by atomic mass is 79.9. The van der Waals surface area contributed by atoms with Gasteiger partial charge in [-0.15, -0.1) is 0 Å². The topological polar surface area (TPSA) is 37.4 Å². The van der Waals surface area contributed by atoms with Gasteiger partial charge in [0.15, 0.2) is 0 Å². The number of benzene rings is 1. The second-order valence-electron chi connectivity index (χ2n) is 5.19.